The number of ether oxygens (including phenoxy) is 1. The van der Waals surface area contributed by atoms with Crippen molar-refractivity contribution in [3.05, 3.63) is 73.2 Å². The number of carbonyl (C=O) groups excluding carboxylic acids is 2. The fraction of sp³-hybridized carbons (Fsp3) is 0.222. The first-order valence-electron chi connectivity index (χ1n) is 7.85. The number of rotatable bonds is 6. The summed E-state index contributed by atoms with van der Waals surface area (Å²) in [5, 5.41) is 14.5. The molecule has 2 aromatic rings. The number of esters is 1. The van der Waals surface area contributed by atoms with Crippen molar-refractivity contribution in [3.63, 3.8) is 0 Å². The molecule has 0 aliphatic carbocycles. The van der Waals surface area contributed by atoms with E-state index in [9.17, 15) is 19.7 Å². The summed E-state index contributed by atoms with van der Waals surface area (Å²) in [7, 11) is 0. The van der Waals surface area contributed by atoms with E-state index < -0.39 is 29.4 Å². The van der Waals surface area contributed by atoms with Crippen LogP contribution < -0.4 is 5.32 Å². The molecule has 0 radical (unpaired) electrons. The first-order valence-corrected chi connectivity index (χ1v) is 8.61. The molecule has 0 fully saturated rings. The predicted octanol–water partition coefficient (Wildman–Crippen LogP) is 4.24. The predicted molar refractivity (Wildman–Crippen MR) is 101 cm³/mol. The maximum Gasteiger partial charge on any atom is 0.338 e. The summed E-state index contributed by atoms with van der Waals surface area (Å²) < 4.78 is 4.92. The van der Waals surface area contributed by atoms with Crippen LogP contribution in [0.15, 0.2) is 36.4 Å². The van der Waals surface area contributed by atoms with Crippen molar-refractivity contribution in [1.29, 1.82) is 0 Å². The van der Waals surface area contributed by atoms with Crippen LogP contribution in [0.25, 0.3) is 0 Å². The molecule has 0 aliphatic heterocycles. The van der Waals surface area contributed by atoms with Gasteiger partial charge in [0.05, 0.1) is 16.5 Å². The second kappa shape index (κ2) is 8.83. The van der Waals surface area contributed by atoms with Gasteiger partial charge in [-0.2, -0.15) is 0 Å². The average Bonchev–Trinajstić information content (AvgIpc) is 2.59. The van der Waals surface area contributed by atoms with E-state index in [0.717, 1.165) is 6.07 Å². The molecular formula is C18H16Cl2N2O5. The summed E-state index contributed by atoms with van der Waals surface area (Å²) in [6, 6.07) is 8.43. The number of carbonyl (C=O) groups is 2. The number of hydrogen-bond acceptors (Lipinski definition) is 5. The molecule has 2 aromatic carbocycles. The van der Waals surface area contributed by atoms with E-state index in [1.54, 1.807) is 32.0 Å². The fourth-order valence-corrected chi connectivity index (χ4v) is 2.93. The third-order valence-electron chi connectivity index (χ3n) is 3.78. The minimum absolute atomic E-state index is 0.00565. The molecule has 0 unspecified atom stereocenters. The Morgan fingerprint density at radius 1 is 1.22 bits per heavy atom. The maximum atomic E-state index is 12.0. The molecule has 1 atom stereocenters. The lowest BCUT2D eigenvalue weighted by Crippen LogP contribution is -2.31. The van der Waals surface area contributed by atoms with Gasteiger partial charge in [0.25, 0.3) is 11.6 Å². The van der Waals surface area contributed by atoms with Gasteiger partial charge in [-0.1, -0.05) is 35.3 Å². The highest BCUT2D eigenvalue weighted by Crippen LogP contribution is 2.26. The number of nitrogens with zero attached hydrogens (tertiary/aromatic N) is 1. The molecule has 0 aliphatic rings. The van der Waals surface area contributed by atoms with Gasteiger partial charge in [0.15, 0.2) is 6.61 Å². The van der Waals surface area contributed by atoms with E-state index in [4.69, 9.17) is 27.9 Å². The Morgan fingerprint density at radius 2 is 1.93 bits per heavy atom. The van der Waals surface area contributed by atoms with Crippen LogP contribution in [0.5, 0.6) is 0 Å². The van der Waals surface area contributed by atoms with Crippen LogP contribution in [0.3, 0.4) is 0 Å². The Hall–Kier alpha value is -2.64. The number of benzene rings is 2. The van der Waals surface area contributed by atoms with E-state index in [2.05, 4.69) is 5.32 Å². The second-order valence-electron chi connectivity index (χ2n) is 5.79. The summed E-state index contributed by atoms with van der Waals surface area (Å²) in [6.07, 6.45) is 0. The summed E-state index contributed by atoms with van der Waals surface area (Å²) in [5.41, 5.74) is 0.881. The van der Waals surface area contributed by atoms with E-state index in [1.165, 1.54) is 12.1 Å². The highest BCUT2D eigenvalue weighted by Gasteiger charge is 2.18. The highest BCUT2D eigenvalue weighted by atomic mass is 35.5. The van der Waals surface area contributed by atoms with Gasteiger partial charge in [0, 0.05) is 21.7 Å². The molecule has 0 saturated carbocycles. The van der Waals surface area contributed by atoms with Crippen molar-refractivity contribution in [1.82, 2.24) is 5.32 Å². The van der Waals surface area contributed by atoms with Crippen LogP contribution >= 0.6 is 23.2 Å². The van der Waals surface area contributed by atoms with E-state index in [0.29, 0.717) is 21.2 Å². The normalized spacial score (nSPS) is 11.6. The third-order valence-corrected chi connectivity index (χ3v) is 4.34. The van der Waals surface area contributed by atoms with Crippen LogP contribution in [-0.4, -0.2) is 23.4 Å². The largest absolute Gasteiger partial charge is 0.452 e. The van der Waals surface area contributed by atoms with Gasteiger partial charge >= 0.3 is 5.97 Å². The number of aryl methyl sites for hydroxylation is 1. The number of nitrogens with one attached hydrogen (secondary N) is 1. The monoisotopic (exact) mass is 410 g/mol. The maximum absolute atomic E-state index is 12.0. The van der Waals surface area contributed by atoms with E-state index in [-0.39, 0.29) is 11.3 Å². The number of hydrogen-bond donors (Lipinski definition) is 1. The molecule has 0 spiro atoms. The van der Waals surface area contributed by atoms with Crippen molar-refractivity contribution in [2.75, 3.05) is 6.61 Å². The average molecular weight is 411 g/mol. The lowest BCUT2D eigenvalue weighted by molar-refractivity contribution is -0.385. The van der Waals surface area contributed by atoms with Gasteiger partial charge in [-0.25, -0.2) is 4.79 Å². The SMILES string of the molecule is Cc1ccc(C(=O)OCC(=O)N[C@H](C)c2ccc(Cl)cc2Cl)cc1[N+](=O)[O-]. The van der Waals surface area contributed by atoms with Gasteiger partial charge in [0.1, 0.15) is 0 Å². The van der Waals surface area contributed by atoms with E-state index in [1.807, 2.05) is 0 Å². The molecule has 1 N–H and O–H groups in total. The van der Waals surface area contributed by atoms with Crippen molar-refractivity contribution < 1.29 is 19.2 Å². The van der Waals surface area contributed by atoms with Crippen LogP contribution in [0, 0.1) is 17.0 Å². The van der Waals surface area contributed by atoms with Gasteiger partial charge in [-0.3, -0.25) is 14.9 Å². The van der Waals surface area contributed by atoms with Crippen molar-refractivity contribution in [2.45, 2.75) is 19.9 Å². The molecule has 2 rings (SSSR count). The summed E-state index contributed by atoms with van der Waals surface area (Å²) in [4.78, 5) is 34.4. The van der Waals surface area contributed by atoms with Gasteiger partial charge in [0.2, 0.25) is 0 Å². The van der Waals surface area contributed by atoms with Crippen LogP contribution in [0.1, 0.15) is 34.5 Å². The minimum atomic E-state index is -0.828. The molecule has 9 heteroatoms. The van der Waals surface area contributed by atoms with Crippen molar-refractivity contribution in [2.24, 2.45) is 0 Å². The van der Waals surface area contributed by atoms with Crippen molar-refractivity contribution in [3.8, 4) is 0 Å². The number of nitro benzene ring substituents is 1. The number of nitro groups is 1. The van der Waals surface area contributed by atoms with Crippen LogP contribution in [-0.2, 0) is 9.53 Å². The Balaban J connectivity index is 1.96. The lowest BCUT2D eigenvalue weighted by atomic mass is 10.1. The molecule has 0 heterocycles. The summed E-state index contributed by atoms with van der Waals surface area (Å²) in [6.45, 7) is 2.75. The fourth-order valence-electron chi connectivity index (χ4n) is 2.36. The molecular weight excluding hydrogens is 395 g/mol. The topological polar surface area (TPSA) is 98.5 Å². The zero-order valence-corrected chi connectivity index (χ0v) is 16.0. The zero-order valence-electron chi connectivity index (χ0n) is 14.5. The zero-order chi connectivity index (χ0) is 20.1. The lowest BCUT2D eigenvalue weighted by Gasteiger charge is -2.16. The standard InChI is InChI=1S/C18H16Cl2N2O5/c1-10-3-4-12(7-16(10)22(25)26)18(24)27-9-17(23)21-11(2)14-6-5-13(19)8-15(14)20/h3-8,11H,9H2,1-2H3,(H,21,23)/t11-/m1/s1. The Labute approximate surface area is 165 Å². The molecule has 0 saturated heterocycles. The first-order chi connectivity index (χ1) is 12.7. The summed E-state index contributed by atoms with van der Waals surface area (Å²) in [5.74, 6) is -1.37. The quantitative estimate of drug-likeness (QED) is 0.436. The minimum Gasteiger partial charge on any atom is -0.452 e. The number of halogens is 2. The molecule has 0 bridgehead atoms. The highest BCUT2D eigenvalue weighted by molar-refractivity contribution is 6.35. The molecule has 142 valence electrons. The Bertz CT molecular complexity index is 901. The Morgan fingerprint density at radius 3 is 2.56 bits per heavy atom. The molecule has 0 aromatic heterocycles. The summed E-state index contributed by atoms with van der Waals surface area (Å²) >= 11 is 11.9. The van der Waals surface area contributed by atoms with Gasteiger partial charge in [-0.05, 0) is 37.6 Å². The van der Waals surface area contributed by atoms with Crippen LogP contribution in [0.2, 0.25) is 10.0 Å². The molecule has 1 amide bonds. The van der Waals surface area contributed by atoms with Gasteiger partial charge in [-0.15, -0.1) is 0 Å². The first kappa shape index (κ1) is 20.7. The number of amides is 1. The van der Waals surface area contributed by atoms with Crippen molar-refractivity contribution >= 4 is 40.8 Å². The van der Waals surface area contributed by atoms with Gasteiger partial charge < -0.3 is 10.1 Å². The molecule has 27 heavy (non-hydrogen) atoms. The molecule has 7 nitrogen and oxygen atoms in total. The Kier molecular flexibility index (Phi) is 6.76. The second-order valence-corrected chi connectivity index (χ2v) is 6.63. The van der Waals surface area contributed by atoms with Crippen LogP contribution in [0.4, 0.5) is 5.69 Å². The van der Waals surface area contributed by atoms with E-state index >= 15 is 0 Å². The third kappa shape index (κ3) is 5.42. The smallest absolute Gasteiger partial charge is 0.338 e.